The lowest BCUT2D eigenvalue weighted by molar-refractivity contribution is -0.122. The third kappa shape index (κ3) is 4.43. The van der Waals surface area contributed by atoms with E-state index in [4.69, 9.17) is 0 Å². The quantitative estimate of drug-likeness (QED) is 0.700. The molecule has 3 nitrogen and oxygen atoms in total. The van der Waals surface area contributed by atoms with Crippen molar-refractivity contribution in [2.24, 2.45) is 17.8 Å². The Balaban J connectivity index is 0.00000162. The van der Waals surface area contributed by atoms with E-state index in [0.29, 0.717) is 5.92 Å². The molecule has 0 aromatic carbocycles. The monoisotopic (exact) mass is 274 g/mol. The topological polar surface area (TPSA) is 41.1 Å². The van der Waals surface area contributed by atoms with Crippen LogP contribution in [0.3, 0.4) is 0 Å². The highest BCUT2D eigenvalue weighted by atomic mass is 35.5. The Labute approximate surface area is 117 Å². The fraction of sp³-hybridized carbons (Fsp3) is 0.929. The van der Waals surface area contributed by atoms with Gasteiger partial charge < -0.3 is 10.6 Å². The first-order chi connectivity index (χ1) is 8.29. The van der Waals surface area contributed by atoms with Crippen LogP contribution in [0, 0.1) is 17.8 Å². The Morgan fingerprint density at radius 2 is 2.00 bits per heavy atom. The van der Waals surface area contributed by atoms with Crippen molar-refractivity contribution >= 4 is 18.3 Å². The number of amides is 1. The number of fused-ring (bicyclic) bond motifs is 2. The number of carbonyl (C=O) groups excluding carboxylic acids is 1. The summed E-state index contributed by atoms with van der Waals surface area (Å²) >= 11 is 0. The molecule has 2 N–H and O–H groups in total. The summed E-state index contributed by atoms with van der Waals surface area (Å²) in [5, 5.41) is 6.32. The minimum atomic E-state index is 0. The van der Waals surface area contributed by atoms with Crippen LogP contribution in [-0.2, 0) is 4.79 Å². The van der Waals surface area contributed by atoms with Crippen molar-refractivity contribution in [2.45, 2.75) is 45.4 Å². The number of hydrogen-bond donors (Lipinski definition) is 2. The molecule has 2 rings (SSSR count). The van der Waals surface area contributed by atoms with Crippen LogP contribution >= 0.6 is 12.4 Å². The summed E-state index contributed by atoms with van der Waals surface area (Å²) in [6.45, 7) is 4.87. The third-order valence-corrected chi connectivity index (χ3v) is 4.38. The molecule has 0 heterocycles. The van der Waals surface area contributed by atoms with E-state index >= 15 is 0 Å². The van der Waals surface area contributed by atoms with Crippen molar-refractivity contribution in [2.75, 3.05) is 19.6 Å². The number of hydrogen-bond acceptors (Lipinski definition) is 2. The fourth-order valence-corrected chi connectivity index (χ4v) is 3.53. The van der Waals surface area contributed by atoms with Crippen molar-refractivity contribution in [3.05, 3.63) is 0 Å². The summed E-state index contributed by atoms with van der Waals surface area (Å²) in [5.74, 6) is 2.77. The van der Waals surface area contributed by atoms with Gasteiger partial charge in [-0.25, -0.2) is 0 Å². The SMILES string of the molecule is CCCNCCNC(=O)CC1CC2CCC1C2.Cl. The van der Waals surface area contributed by atoms with E-state index in [0.717, 1.165) is 44.3 Å². The second-order valence-corrected chi connectivity index (χ2v) is 5.74. The zero-order chi connectivity index (χ0) is 12.1. The van der Waals surface area contributed by atoms with Gasteiger partial charge in [0.15, 0.2) is 0 Å². The maximum Gasteiger partial charge on any atom is 0.220 e. The smallest absolute Gasteiger partial charge is 0.220 e. The molecule has 2 saturated carbocycles. The van der Waals surface area contributed by atoms with Crippen LogP contribution in [0.1, 0.15) is 45.4 Å². The summed E-state index contributed by atoms with van der Waals surface area (Å²) in [7, 11) is 0. The molecule has 18 heavy (non-hydrogen) atoms. The van der Waals surface area contributed by atoms with Gasteiger partial charge in [0.05, 0.1) is 0 Å². The zero-order valence-electron chi connectivity index (χ0n) is 11.4. The Bertz CT molecular complexity index is 260. The van der Waals surface area contributed by atoms with E-state index in [1.165, 1.54) is 25.7 Å². The van der Waals surface area contributed by atoms with Crippen molar-refractivity contribution in [1.29, 1.82) is 0 Å². The van der Waals surface area contributed by atoms with Gasteiger partial charge in [-0.2, -0.15) is 0 Å². The predicted molar refractivity (Wildman–Crippen MR) is 77.0 cm³/mol. The second-order valence-electron chi connectivity index (χ2n) is 5.74. The maximum absolute atomic E-state index is 11.8. The molecule has 2 aliphatic carbocycles. The van der Waals surface area contributed by atoms with Crippen LogP contribution < -0.4 is 10.6 Å². The molecule has 0 aromatic heterocycles. The normalized spacial score (nSPS) is 29.1. The molecule has 0 radical (unpaired) electrons. The van der Waals surface area contributed by atoms with Crippen LogP contribution in [0.15, 0.2) is 0 Å². The predicted octanol–water partition coefficient (Wildman–Crippen LogP) is 2.35. The molecule has 1 amide bonds. The van der Waals surface area contributed by atoms with E-state index in [9.17, 15) is 4.79 Å². The Morgan fingerprint density at radius 1 is 1.17 bits per heavy atom. The lowest BCUT2D eigenvalue weighted by Gasteiger charge is -2.20. The molecule has 0 spiro atoms. The summed E-state index contributed by atoms with van der Waals surface area (Å²) in [5.41, 5.74) is 0. The molecule has 2 bridgehead atoms. The number of halogens is 1. The van der Waals surface area contributed by atoms with Crippen molar-refractivity contribution in [1.82, 2.24) is 10.6 Å². The standard InChI is InChI=1S/C14H26N2O.ClH/c1-2-5-15-6-7-16-14(17)10-13-9-11-3-4-12(13)8-11;/h11-13,15H,2-10H2,1H3,(H,16,17);1H. The molecule has 2 fully saturated rings. The minimum absolute atomic E-state index is 0. The van der Waals surface area contributed by atoms with E-state index in [1.54, 1.807) is 0 Å². The highest BCUT2D eigenvalue weighted by molar-refractivity contribution is 5.85. The Kier molecular flexibility index (Phi) is 7.02. The lowest BCUT2D eigenvalue weighted by Crippen LogP contribution is -2.33. The molecule has 4 heteroatoms. The highest BCUT2D eigenvalue weighted by Gasteiger charge is 2.39. The van der Waals surface area contributed by atoms with Crippen molar-refractivity contribution in [3.8, 4) is 0 Å². The molecule has 0 aromatic rings. The molecule has 3 atom stereocenters. The first-order valence-electron chi connectivity index (χ1n) is 7.27. The lowest BCUT2D eigenvalue weighted by atomic mass is 9.86. The molecular weight excluding hydrogens is 248 g/mol. The number of nitrogens with one attached hydrogen (secondary N) is 2. The zero-order valence-corrected chi connectivity index (χ0v) is 12.2. The van der Waals surface area contributed by atoms with Crippen LogP contribution in [0.5, 0.6) is 0 Å². The first-order valence-corrected chi connectivity index (χ1v) is 7.27. The maximum atomic E-state index is 11.8. The Morgan fingerprint density at radius 3 is 2.61 bits per heavy atom. The molecule has 2 aliphatic rings. The second kappa shape index (κ2) is 8.00. The Hall–Kier alpha value is -0.280. The van der Waals surface area contributed by atoms with Gasteiger partial charge in [0.2, 0.25) is 5.91 Å². The van der Waals surface area contributed by atoms with Crippen LogP contribution in [0.25, 0.3) is 0 Å². The molecule has 0 saturated heterocycles. The molecular formula is C14H27ClN2O. The van der Waals surface area contributed by atoms with Gasteiger partial charge in [-0.1, -0.05) is 13.3 Å². The van der Waals surface area contributed by atoms with Gasteiger partial charge >= 0.3 is 0 Å². The van der Waals surface area contributed by atoms with Crippen LogP contribution in [-0.4, -0.2) is 25.5 Å². The van der Waals surface area contributed by atoms with Gasteiger partial charge in [0, 0.05) is 19.5 Å². The summed E-state index contributed by atoms with van der Waals surface area (Å²) in [4.78, 5) is 11.8. The summed E-state index contributed by atoms with van der Waals surface area (Å²) in [6.07, 6.45) is 7.43. The van der Waals surface area contributed by atoms with Crippen molar-refractivity contribution in [3.63, 3.8) is 0 Å². The summed E-state index contributed by atoms with van der Waals surface area (Å²) < 4.78 is 0. The average Bonchev–Trinajstić information content (AvgIpc) is 2.90. The molecule has 106 valence electrons. The number of carbonyl (C=O) groups is 1. The van der Waals surface area contributed by atoms with E-state index in [-0.39, 0.29) is 18.3 Å². The summed E-state index contributed by atoms with van der Waals surface area (Å²) in [6, 6.07) is 0. The largest absolute Gasteiger partial charge is 0.355 e. The van der Waals surface area contributed by atoms with E-state index in [1.807, 2.05) is 0 Å². The van der Waals surface area contributed by atoms with E-state index < -0.39 is 0 Å². The average molecular weight is 275 g/mol. The van der Waals surface area contributed by atoms with E-state index in [2.05, 4.69) is 17.6 Å². The van der Waals surface area contributed by atoms with Gasteiger partial charge in [-0.05, 0) is 50.0 Å². The van der Waals surface area contributed by atoms with Gasteiger partial charge in [0.25, 0.3) is 0 Å². The third-order valence-electron chi connectivity index (χ3n) is 4.38. The molecule has 3 unspecified atom stereocenters. The van der Waals surface area contributed by atoms with Gasteiger partial charge in [0.1, 0.15) is 0 Å². The van der Waals surface area contributed by atoms with Gasteiger partial charge in [-0.3, -0.25) is 4.79 Å². The first kappa shape index (κ1) is 15.8. The van der Waals surface area contributed by atoms with Crippen LogP contribution in [0.2, 0.25) is 0 Å². The van der Waals surface area contributed by atoms with Crippen molar-refractivity contribution < 1.29 is 4.79 Å². The minimum Gasteiger partial charge on any atom is -0.355 e. The van der Waals surface area contributed by atoms with Gasteiger partial charge in [-0.15, -0.1) is 12.4 Å². The molecule has 0 aliphatic heterocycles. The number of rotatable bonds is 7. The highest BCUT2D eigenvalue weighted by Crippen LogP contribution is 2.49. The van der Waals surface area contributed by atoms with Crippen LogP contribution in [0.4, 0.5) is 0 Å². The fourth-order valence-electron chi connectivity index (χ4n) is 3.53.